The highest BCUT2D eigenvalue weighted by Gasteiger charge is 2.49. The Balaban J connectivity index is 1.96. The number of carboxylic acids is 1. The lowest BCUT2D eigenvalue weighted by molar-refractivity contribution is -0.142. The molecule has 3 rings (SSSR count). The highest BCUT2D eigenvalue weighted by molar-refractivity contribution is 7.89. The molecular formula is C18H24N2O5S. The molecule has 3 unspecified atom stereocenters. The maximum absolute atomic E-state index is 13.1. The number of rotatable bonds is 5. The normalized spacial score (nSPS) is 25.3. The molecule has 1 aromatic carbocycles. The summed E-state index contributed by atoms with van der Waals surface area (Å²) in [5, 5.41) is 9.65. The van der Waals surface area contributed by atoms with Gasteiger partial charge >= 0.3 is 5.97 Å². The van der Waals surface area contributed by atoms with E-state index >= 15 is 0 Å². The number of carbonyl (C=O) groups is 2. The highest BCUT2D eigenvalue weighted by atomic mass is 32.2. The zero-order valence-electron chi connectivity index (χ0n) is 14.9. The van der Waals surface area contributed by atoms with Gasteiger partial charge in [-0.1, -0.05) is 19.4 Å². The molecule has 26 heavy (non-hydrogen) atoms. The van der Waals surface area contributed by atoms with Crippen molar-refractivity contribution in [3.05, 3.63) is 29.3 Å². The van der Waals surface area contributed by atoms with Crippen molar-refractivity contribution < 1.29 is 23.1 Å². The fourth-order valence-electron chi connectivity index (χ4n) is 4.26. The fraction of sp³-hybridized carbons (Fsp3) is 0.556. The van der Waals surface area contributed by atoms with Crippen LogP contribution in [0.15, 0.2) is 23.1 Å². The first-order chi connectivity index (χ1) is 12.3. The van der Waals surface area contributed by atoms with E-state index in [1.165, 1.54) is 17.0 Å². The quantitative estimate of drug-likeness (QED) is 0.808. The van der Waals surface area contributed by atoms with Crippen LogP contribution < -0.4 is 4.72 Å². The number of aryl methyl sites for hydroxylation is 1. The van der Waals surface area contributed by atoms with E-state index in [1.54, 1.807) is 19.9 Å². The van der Waals surface area contributed by atoms with E-state index in [1.807, 2.05) is 0 Å². The second-order valence-electron chi connectivity index (χ2n) is 7.07. The number of carbonyl (C=O) groups excluding carboxylic acids is 1. The van der Waals surface area contributed by atoms with E-state index in [0.29, 0.717) is 12.1 Å². The van der Waals surface area contributed by atoms with Crippen LogP contribution in [0.4, 0.5) is 0 Å². The first kappa shape index (κ1) is 18.8. The van der Waals surface area contributed by atoms with Crippen molar-refractivity contribution in [1.29, 1.82) is 0 Å². The first-order valence-electron chi connectivity index (χ1n) is 8.90. The van der Waals surface area contributed by atoms with E-state index in [9.17, 15) is 23.1 Å². The van der Waals surface area contributed by atoms with Crippen molar-refractivity contribution in [2.24, 2.45) is 11.8 Å². The third kappa shape index (κ3) is 3.23. The SMILES string of the molecule is CCNS(=O)(=O)c1ccc(C)c(C(=O)N2CC3CCCC3C2C(=O)O)c1. The Hall–Kier alpha value is -1.93. The predicted octanol–water partition coefficient (Wildman–Crippen LogP) is 1.62. The lowest BCUT2D eigenvalue weighted by Crippen LogP contribution is -2.43. The van der Waals surface area contributed by atoms with Crippen molar-refractivity contribution in [3.8, 4) is 0 Å². The number of hydrogen-bond donors (Lipinski definition) is 2. The van der Waals surface area contributed by atoms with Gasteiger partial charge in [0.2, 0.25) is 10.0 Å². The fourth-order valence-corrected chi connectivity index (χ4v) is 5.32. The van der Waals surface area contributed by atoms with E-state index in [2.05, 4.69) is 4.72 Å². The average molecular weight is 380 g/mol. The third-order valence-corrected chi connectivity index (χ3v) is 7.03. The minimum absolute atomic E-state index is 0.00886. The Kier molecular flexibility index (Phi) is 5.07. The van der Waals surface area contributed by atoms with Gasteiger partial charge in [0.25, 0.3) is 5.91 Å². The summed E-state index contributed by atoms with van der Waals surface area (Å²) < 4.78 is 26.9. The molecular weight excluding hydrogens is 356 g/mol. The number of sulfonamides is 1. The van der Waals surface area contributed by atoms with E-state index in [4.69, 9.17) is 0 Å². The number of carboxylic acid groups (broad SMARTS) is 1. The summed E-state index contributed by atoms with van der Waals surface area (Å²) in [4.78, 5) is 26.3. The molecule has 7 nitrogen and oxygen atoms in total. The zero-order valence-corrected chi connectivity index (χ0v) is 15.8. The predicted molar refractivity (Wildman–Crippen MR) is 95.3 cm³/mol. The van der Waals surface area contributed by atoms with Crippen molar-refractivity contribution in [1.82, 2.24) is 9.62 Å². The zero-order chi connectivity index (χ0) is 19.1. The molecule has 3 atom stereocenters. The van der Waals surface area contributed by atoms with Crippen molar-refractivity contribution in [3.63, 3.8) is 0 Å². The summed E-state index contributed by atoms with van der Waals surface area (Å²) in [5.74, 6) is -1.18. The van der Waals surface area contributed by atoms with Crippen LogP contribution in [0.3, 0.4) is 0 Å². The Morgan fingerprint density at radius 3 is 2.69 bits per heavy atom. The van der Waals surface area contributed by atoms with Crippen LogP contribution in [-0.2, 0) is 14.8 Å². The smallest absolute Gasteiger partial charge is 0.326 e. The van der Waals surface area contributed by atoms with E-state index < -0.39 is 27.9 Å². The van der Waals surface area contributed by atoms with Gasteiger partial charge in [0.15, 0.2) is 0 Å². The molecule has 0 spiro atoms. The highest BCUT2D eigenvalue weighted by Crippen LogP contribution is 2.42. The van der Waals surface area contributed by atoms with Gasteiger partial charge < -0.3 is 10.0 Å². The molecule has 0 radical (unpaired) electrons. The van der Waals surface area contributed by atoms with Crippen LogP contribution in [0.5, 0.6) is 0 Å². The topological polar surface area (TPSA) is 104 Å². The molecule has 1 aromatic rings. The van der Waals surface area contributed by atoms with Gasteiger partial charge in [-0.3, -0.25) is 4.79 Å². The van der Waals surface area contributed by atoms with Crippen LogP contribution >= 0.6 is 0 Å². The number of amides is 1. The molecule has 2 aliphatic rings. The van der Waals surface area contributed by atoms with Crippen molar-refractivity contribution in [2.45, 2.75) is 44.0 Å². The largest absolute Gasteiger partial charge is 0.480 e. The van der Waals surface area contributed by atoms with Gasteiger partial charge in [-0.2, -0.15) is 0 Å². The standard InChI is InChI=1S/C18H24N2O5S/c1-3-19-26(24,25)13-8-7-11(2)15(9-13)17(21)20-10-12-5-4-6-14(12)16(20)18(22)23/h7-9,12,14,16,19H,3-6,10H2,1-2H3,(H,22,23). The van der Waals surface area contributed by atoms with E-state index in [0.717, 1.165) is 19.3 Å². The average Bonchev–Trinajstić information content (AvgIpc) is 3.14. The molecule has 8 heteroatoms. The summed E-state index contributed by atoms with van der Waals surface area (Å²) in [6.07, 6.45) is 2.75. The summed E-state index contributed by atoms with van der Waals surface area (Å²) in [5.41, 5.74) is 0.877. The lowest BCUT2D eigenvalue weighted by atomic mass is 9.94. The van der Waals surface area contributed by atoms with Gasteiger partial charge in [-0.25, -0.2) is 17.9 Å². The Bertz CT molecular complexity index is 836. The number of nitrogens with one attached hydrogen (secondary N) is 1. The molecule has 142 valence electrons. The van der Waals surface area contributed by atoms with Crippen LogP contribution in [0.25, 0.3) is 0 Å². The first-order valence-corrected chi connectivity index (χ1v) is 10.4. The Labute approximate surface area is 153 Å². The van der Waals surface area contributed by atoms with Gasteiger partial charge in [0, 0.05) is 18.7 Å². The van der Waals surface area contributed by atoms with Gasteiger partial charge in [-0.15, -0.1) is 0 Å². The van der Waals surface area contributed by atoms with Crippen LogP contribution in [0, 0.1) is 18.8 Å². The second-order valence-corrected chi connectivity index (χ2v) is 8.84. The maximum atomic E-state index is 13.1. The third-order valence-electron chi connectivity index (χ3n) is 5.49. The minimum Gasteiger partial charge on any atom is -0.480 e. The Morgan fingerprint density at radius 1 is 1.31 bits per heavy atom. The maximum Gasteiger partial charge on any atom is 0.326 e. The van der Waals surface area contributed by atoms with Crippen LogP contribution in [0.1, 0.15) is 42.1 Å². The number of likely N-dealkylation sites (tertiary alicyclic amines) is 1. The number of hydrogen-bond acceptors (Lipinski definition) is 4. The van der Waals surface area contributed by atoms with Crippen LogP contribution in [0.2, 0.25) is 0 Å². The number of aliphatic carboxylic acids is 1. The molecule has 1 amide bonds. The molecule has 1 aliphatic heterocycles. The number of benzene rings is 1. The molecule has 1 heterocycles. The van der Waals surface area contributed by atoms with Crippen LogP contribution in [-0.4, -0.2) is 49.4 Å². The lowest BCUT2D eigenvalue weighted by Gasteiger charge is -2.25. The molecule has 2 N–H and O–H groups in total. The summed E-state index contributed by atoms with van der Waals surface area (Å²) >= 11 is 0. The Morgan fingerprint density at radius 2 is 2.04 bits per heavy atom. The summed E-state index contributed by atoms with van der Waals surface area (Å²) in [6, 6.07) is 3.56. The monoisotopic (exact) mass is 380 g/mol. The molecule has 0 bridgehead atoms. The van der Waals surface area contributed by atoms with E-state index in [-0.39, 0.29) is 28.8 Å². The number of nitrogens with zero attached hydrogens (tertiary/aromatic N) is 1. The second kappa shape index (κ2) is 7.00. The minimum atomic E-state index is -3.69. The van der Waals surface area contributed by atoms with Crippen molar-refractivity contribution >= 4 is 21.9 Å². The van der Waals surface area contributed by atoms with Gasteiger partial charge in [-0.05, 0) is 49.3 Å². The summed E-state index contributed by atoms with van der Waals surface area (Å²) in [6.45, 7) is 4.07. The van der Waals surface area contributed by atoms with Crippen molar-refractivity contribution in [2.75, 3.05) is 13.1 Å². The number of fused-ring (bicyclic) bond motifs is 1. The molecule has 1 saturated carbocycles. The van der Waals surface area contributed by atoms with Gasteiger partial charge in [0.05, 0.1) is 4.90 Å². The van der Waals surface area contributed by atoms with Gasteiger partial charge in [0.1, 0.15) is 6.04 Å². The molecule has 1 aliphatic carbocycles. The molecule has 2 fully saturated rings. The summed E-state index contributed by atoms with van der Waals surface area (Å²) in [7, 11) is -3.69. The molecule has 0 aromatic heterocycles. The molecule has 1 saturated heterocycles.